The molecule has 0 bridgehead atoms. The van der Waals surface area contributed by atoms with Gasteiger partial charge in [0.15, 0.2) is 0 Å². The Morgan fingerprint density at radius 1 is 1.14 bits per heavy atom. The van der Waals surface area contributed by atoms with E-state index in [9.17, 15) is 4.79 Å². The molecule has 0 fully saturated rings. The predicted molar refractivity (Wildman–Crippen MR) is 87.9 cm³/mol. The van der Waals surface area contributed by atoms with Gasteiger partial charge in [-0.3, -0.25) is 4.79 Å². The highest BCUT2D eigenvalue weighted by molar-refractivity contribution is 6.34. The second-order valence-corrected chi connectivity index (χ2v) is 5.89. The fourth-order valence-corrected chi connectivity index (χ4v) is 2.69. The van der Waals surface area contributed by atoms with Crippen molar-refractivity contribution in [3.05, 3.63) is 63.1 Å². The molecule has 110 valence electrons. The first-order valence-electron chi connectivity index (χ1n) is 6.43. The molecule has 2 rings (SSSR count). The van der Waals surface area contributed by atoms with E-state index < -0.39 is 0 Å². The van der Waals surface area contributed by atoms with Gasteiger partial charge in [-0.05, 0) is 48.4 Å². The number of carbonyl (C=O) groups excluding carboxylic acids is 1. The molecule has 0 radical (unpaired) electrons. The lowest BCUT2D eigenvalue weighted by molar-refractivity contribution is 0.0784. The summed E-state index contributed by atoms with van der Waals surface area (Å²) in [5.41, 5.74) is 8.70. The molecule has 0 saturated carbocycles. The molecule has 21 heavy (non-hydrogen) atoms. The average molecular weight is 323 g/mol. The third-order valence-corrected chi connectivity index (χ3v) is 3.62. The minimum atomic E-state index is -0.0871. The van der Waals surface area contributed by atoms with E-state index in [1.165, 1.54) is 0 Å². The Kier molecular flexibility index (Phi) is 4.76. The van der Waals surface area contributed by atoms with Crippen molar-refractivity contribution in [2.45, 2.75) is 13.5 Å². The van der Waals surface area contributed by atoms with Gasteiger partial charge < -0.3 is 10.6 Å². The number of hydrogen-bond acceptors (Lipinski definition) is 2. The molecule has 2 aromatic carbocycles. The Morgan fingerprint density at radius 3 is 2.38 bits per heavy atom. The standard InChI is InChI=1S/C16H16Cl2N2O/c1-10-3-4-14(19)8-15(10)16(21)20(2)9-11-5-12(17)7-13(18)6-11/h3-8H,9,19H2,1-2H3. The van der Waals surface area contributed by atoms with Crippen molar-refractivity contribution in [1.82, 2.24) is 4.90 Å². The molecule has 0 saturated heterocycles. The number of nitrogens with zero attached hydrogens (tertiary/aromatic N) is 1. The van der Waals surface area contributed by atoms with Gasteiger partial charge in [-0.25, -0.2) is 0 Å². The molecular formula is C16H16Cl2N2O. The van der Waals surface area contributed by atoms with E-state index in [4.69, 9.17) is 28.9 Å². The zero-order chi connectivity index (χ0) is 15.6. The second-order valence-electron chi connectivity index (χ2n) is 5.01. The number of rotatable bonds is 3. The summed E-state index contributed by atoms with van der Waals surface area (Å²) in [5.74, 6) is -0.0871. The molecule has 0 unspecified atom stereocenters. The Balaban J connectivity index is 2.21. The molecule has 0 aliphatic rings. The number of anilines is 1. The molecule has 0 spiro atoms. The molecule has 0 atom stereocenters. The monoisotopic (exact) mass is 322 g/mol. The van der Waals surface area contributed by atoms with Crippen molar-refractivity contribution in [3.63, 3.8) is 0 Å². The fourth-order valence-electron chi connectivity index (χ4n) is 2.12. The summed E-state index contributed by atoms with van der Waals surface area (Å²) >= 11 is 11.9. The van der Waals surface area contributed by atoms with Crippen LogP contribution in [0.1, 0.15) is 21.5 Å². The summed E-state index contributed by atoms with van der Waals surface area (Å²) in [6.45, 7) is 2.31. The van der Waals surface area contributed by atoms with Crippen LogP contribution < -0.4 is 5.73 Å². The predicted octanol–water partition coefficient (Wildman–Crippen LogP) is 4.16. The van der Waals surface area contributed by atoms with Gasteiger partial charge in [0.25, 0.3) is 5.91 Å². The third kappa shape index (κ3) is 3.90. The number of nitrogen functional groups attached to an aromatic ring is 1. The van der Waals surface area contributed by atoms with E-state index in [0.29, 0.717) is 27.8 Å². The maximum Gasteiger partial charge on any atom is 0.254 e. The fraction of sp³-hybridized carbons (Fsp3) is 0.188. The van der Waals surface area contributed by atoms with Crippen LogP contribution in [-0.4, -0.2) is 17.9 Å². The van der Waals surface area contributed by atoms with Gasteiger partial charge in [0.05, 0.1) is 0 Å². The molecule has 2 N–H and O–H groups in total. The van der Waals surface area contributed by atoms with Gasteiger partial charge in [-0.15, -0.1) is 0 Å². The van der Waals surface area contributed by atoms with Crippen LogP contribution in [0.25, 0.3) is 0 Å². The maximum absolute atomic E-state index is 12.5. The number of aryl methyl sites for hydroxylation is 1. The van der Waals surface area contributed by atoms with Crippen molar-refractivity contribution in [2.24, 2.45) is 0 Å². The molecule has 0 aliphatic heterocycles. The van der Waals surface area contributed by atoms with E-state index in [2.05, 4.69) is 0 Å². The summed E-state index contributed by atoms with van der Waals surface area (Å²) in [6.07, 6.45) is 0. The first kappa shape index (κ1) is 15.7. The number of benzene rings is 2. The number of amides is 1. The zero-order valence-electron chi connectivity index (χ0n) is 11.9. The molecule has 1 amide bonds. The van der Waals surface area contributed by atoms with E-state index in [1.807, 2.05) is 13.0 Å². The Morgan fingerprint density at radius 2 is 1.76 bits per heavy atom. The Labute approximate surface area is 134 Å². The lowest BCUT2D eigenvalue weighted by atomic mass is 10.1. The number of nitrogens with two attached hydrogens (primary N) is 1. The first-order valence-corrected chi connectivity index (χ1v) is 7.19. The summed E-state index contributed by atoms with van der Waals surface area (Å²) in [6, 6.07) is 10.6. The van der Waals surface area contributed by atoms with Gasteiger partial charge in [-0.2, -0.15) is 0 Å². The van der Waals surface area contributed by atoms with Crippen molar-refractivity contribution < 1.29 is 4.79 Å². The molecule has 0 aliphatic carbocycles. The molecule has 3 nitrogen and oxygen atoms in total. The largest absolute Gasteiger partial charge is 0.399 e. The molecule has 5 heteroatoms. The van der Waals surface area contributed by atoms with Gasteiger partial charge in [0.1, 0.15) is 0 Å². The van der Waals surface area contributed by atoms with Crippen LogP contribution in [0.3, 0.4) is 0 Å². The normalized spacial score (nSPS) is 10.5. The number of halogens is 2. The highest BCUT2D eigenvalue weighted by Crippen LogP contribution is 2.21. The minimum absolute atomic E-state index is 0.0871. The van der Waals surface area contributed by atoms with Crippen LogP contribution in [0.4, 0.5) is 5.69 Å². The summed E-state index contributed by atoms with van der Waals surface area (Å²) in [4.78, 5) is 14.1. The van der Waals surface area contributed by atoms with Crippen molar-refractivity contribution >= 4 is 34.8 Å². The lowest BCUT2D eigenvalue weighted by Gasteiger charge is -2.19. The molecule has 0 heterocycles. The van der Waals surface area contributed by atoms with E-state index in [1.54, 1.807) is 42.3 Å². The average Bonchev–Trinajstić information content (AvgIpc) is 2.39. The Bertz CT molecular complexity index is 666. The Hall–Kier alpha value is -1.71. The van der Waals surface area contributed by atoms with Crippen molar-refractivity contribution in [3.8, 4) is 0 Å². The summed E-state index contributed by atoms with van der Waals surface area (Å²) in [5, 5.41) is 1.11. The highest BCUT2D eigenvalue weighted by Gasteiger charge is 2.15. The van der Waals surface area contributed by atoms with Crippen LogP contribution in [-0.2, 0) is 6.54 Å². The topological polar surface area (TPSA) is 46.3 Å². The van der Waals surface area contributed by atoms with Gasteiger partial charge in [-0.1, -0.05) is 29.3 Å². The van der Waals surface area contributed by atoms with Gasteiger partial charge in [0.2, 0.25) is 0 Å². The maximum atomic E-state index is 12.5. The number of hydrogen-bond donors (Lipinski definition) is 1. The van der Waals surface area contributed by atoms with Crippen molar-refractivity contribution in [2.75, 3.05) is 12.8 Å². The van der Waals surface area contributed by atoms with E-state index in [0.717, 1.165) is 11.1 Å². The lowest BCUT2D eigenvalue weighted by Crippen LogP contribution is -2.27. The van der Waals surface area contributed by atoms with Gasteiger partial charge >= 0.3 is 0 Å². The van der Waals surface area contributed by atoms with Crippen LogP contribution in [0.5, 0.6) is 0 Å². The van der Waals surface area contributed by atoms with Gasteiger partial charge in [0, 0.05) is 34.9 Å². The summed E-state index contributed by atoms with van der Waals surface area (Å²) in [7, 11) is 1.74. The smallest absolute Gasteiger partial charge is 0.254 e. The third-order valence-electron chi connectivity index (χ3n) is 3.18. The van der Waals surface area contributed by atoms with E-state index in [-0.39, 0.29) is 5.91 Å². The SMILES string of the molecule is Cc1ccc(N)cc1C(=O)N(C)Cc1cc(Cl)cc(Cl)c1. The van der Waals surface area contributed by atoms with Crippen LogP contribution in [0.15, 0.2) is 36.4 Å². The second kappa shape index (κ2) is 6.37. The van der Waals surface area contributed by atoms with Crippen LogP contribution in [0.2, 0.25) is 10.0 Å². The zero-order valence-corrected chi connectivity index (χ0v) is 13.4. The number of carbonyl (C=O) groups is 1. The first-order chi connectivity index (χ1) is 9.86. The van der Waals surface area contributed by atoms with E-state index >= 15 is 0 Å². The van der Waals surface area contributed by atoms with Crippen LogP contribution in [0, 0.1) is 6.92 Å². The van der Waals surface area contributed by atoms with Crippen LogP contribution >= 0.6 is 23.2 Å². The molecular weight excluding hydrogens is 307 g/mol. The molecule has 0 aromatic heterocycles. The quantitative estimate of drug-likeness (QED) is 0.862. The van der Waals surface area contributed by atoms with Crippen molar-refractivity contribution in [1.29, 1.82) is 0 Å². The highest BCUT2D eigenvalue weighted by atomic mass is 35.5. The molecule has 2 aromatic rings. The minimum Gasteiger partial charge on any atom is -0.399 e. The summed E-state index contributed by atoms with van der Waals surface area (Å²) < 4.78 is 0.